The van der Waals surface area contributed by atoms with Gasteiger partial charge in [-0.25, -0.2) is 0 Å². The van der Waals surface area contributed by atoms with Crippen molar-refractivity contribution in [3.63, 3.8) is 0 Å². The predicted molar refractivity (Wildman–Crippen MR) is 70.2 cm³/mol. The van der Waals surface area contributed by atoms with Crippen LogP contribution >= 0.6 is 0 Å². The number of oxazole rings is 1. The summed E-state index contributed by atoms with van der Waals surface area (Å²) in [4.78, 5) is 14.5. The zero-order valence-electron chi connectivity index (χ0n) is 10.5. The fourth-order valence-electron chi connectivity index (χ4n) is 2.26. The van der Waals surface area contributed by atoms with Crippen LogP contribution in [-0.4, -0.2) is 28.5 Å². The molecule has 0 radical (unpaired) electrons. The van der Waals surface area contributed by atoms with E-state index in [1.54, 1.807) is 6.07 Å². The molecule has 0 spiro atoms. The fourth-order valence-corrected chi connectivity index (χ4v) is 2.26. The van der Waals surface area contributed by atoms with Crippen LogP contribution < -0.4 is 10.6 Å². The van der Waals surface area contributed by atoms with E-state index >= 15 is 0 Å². The molecule has 1 fully saturated rings. The highest BCUT2D eigenvalue weighted by Crippen LogP contribution is 2.26. The molecule has 0 bridgehead atoms. The van der Waals surface area contributed by atoms with Crippen molar-refractivity contribution in [3.8, 4) is 0 Å². The van der Waals surface area contributed by atoms with Crippen LogP contribution in [-0.2, 0) is 0 Å². The molecular formula is C12H14N4O3. The second-order valence-electron chi connectivity index (χ2n) is 5.04. The molecule has 1 aliphatic heterocycles. The van der Waals surface area contributed by atoms with E-state index in [9.17, 15) is 10.1 Å². The Bertz CT molecular complexity index is 631. The van der Waals surface area contributed by atoms with Gasteiger partial charge in [-0.1, -0.05) is 0 Å². The number of hydrogen-bond donors (Lipinski definition) is 2. The Morgan fingerprint density at radius 2 is 2.42 bits per heavy atom. The van der Waals surface area contributed by atoms with E-state index in [1.807, 2.05) is 0 Å². The number of benzene rings is 1. The summed E-state index contributed by atoms with van der Waals surface area (Å²) < 4.78 is 5.56. The maximum Gasteiger partial charge on any atom is 0.296 e. The van der Waals surface area contributed by atoms with Gasteiger partial charge in [0.15, 0.2) is 5.58 Å². The maximum absolute atomic E-state index is 10.7. The van der Waals surface area contributed by atoms with Crippen LogP contribution in [0.2, 0.25) is 0 Å². The first-order valence-electron chi connectivity index (χ1n) is 6.10. The Kier molecular flexibility index (Phi) is 2.63. The second-order valence-corrected chi connectivity index (χ2v) is 5.04. The molecular weight excluding hydrogens is 248 g/mol. The second kappa shape index (κ2) is 4.20. The van der Waals surface area contributed by atoms with Crippen LogP contribution in [0.1, 0.15) is 13.3 Å². The molecule has 7 heteroatoms. The van der Waals surface area contributed by atoms with Crippen molar-refractivity contribution in [2.24, 2.45) is 0 Å². The lowest BCUT2D eigenvalue weighted by molar-refractivity contribution is -0.384. The predicted octanol–water partition coefficient (Wildman–Crippen LogP) is 1.90. The average Bonchev–Trinajstić information content (AvgIpc) is 2.94. The van der Waals surface area contributed by atoms with Crippen molar-refractivity contribution in [1.29, 1.82) is 0 Å². The Balaban J connectivity index is 1.91. The Morgan fingerprint density at radius 3 is 3.11 bits per heavy atom. The van der Waals surface area contributed by atoms with E-state index in [0.29, 0.717) is 17.1 Å². The Hall–Kier alpha value is -2.15. The molecule has 0 saturated carbocycles. The minimum atomic E-state index is -0.441. The molecule has 2 N–H and O–H groups in total. The number of nitrogens with one attached hydrogen (secondary N) is 2. The maximum atomic E-state index is 10.7. The summed E-state index contributed by atoms with van der Waals surface area (Å²) in [5.41, 5.74) is 0.960. The third-order valence-electron chi connectivity index (χ3n) is 3.36. The molecule has 100 valence electrons. The minimum Gasteiger partial charge on any atom is -0.424 e. The molecule has 2 heterocycles. The number of nitro groups is 1. The molecule has 2 aromatic rings. The zero-order chi connectivity index (χ0) is 13.5. The van der Waals surface area contributed by atoms with Gasteiger partial charge in [-0.05, 0) is 26.0 Å². The Labute approximate surface area is 109 Å². The van der Waals surface area contributed by atoms with Crippen LogP contribution in [0.15, 0.2) is 22.6 Å². The number of hydrogen-bond acceptors (Lipinski definition) is 6. The largest absolute Gasteiger partial charge is 0.424 e. The van der Waals surface area contributed by atoms with Gasteiger partial charge in [-0.3, -0.25) is 10.1 Å². The van der Waals surface area contributed by atoms with Gasteiger partial charge < -0.3 is 15.1 Å². The van der Waals surface area contributed by atoms with Crippen LogP contribution in [0.5, 0.6) is 0 Å². The summed E-state index contributed by atoms with van der Waals surface area (Å²) in [6.07, 6.45) is 0.978. The van der Waals surface area contributed by atoms with Crippen LogP contribution in [0.4, 0.5) is 11.7 Å². The standard InChI is InChI=1S/C12H14N4O3/c1-12(4-5-13-7-12)15-11-14-9-6-8(16(17)18)2-3-10(9)19-11/h2-3,6,13H,4-5,7H2,1H3,(H,14,15). The molecule has 1 unspecified atom stereocenters. The first-order chi connectivity index (χ1) is 9.06. The van der Waals surface area contributed by atoms with Crippen molar-refractivity contribution in [1.82, 2.24) is 10.3 Å². The molecule has 1 aliphatic rings. The van der Waals surface area contributed by atoms with Crippen molar-refractivity contribution in [3.05, 3.63) is 28.3 Å². The van der Waals surface area contributed by atoms with E-state index in [2.05, 4.69) is 22.5 Å². The van der Waals surface area contributed by atoms with Crippen molar-refractivity contribution < 1.29 is 9.34 Å². The molecule has 1 saturated heterocycles. The third kappa shape index (κ3) is 2.24. The summed E-state index contributed by atoms with van der Waals surface area (Å²) in [5.74, 6) is 0. The normalized spacial score (nSPS) is 22.8. The summed E-state index contributed by atoms with van der Waals surface area (Å²) in [5, 5.41) is 17.2. The fraction of sp³-hybridized carbons (Fsp3) is 0.417. The van der Waals surface area contributed by atoms with Gasteiger partial charge in [-0.15, -0.1) is 0 Å². The van der Waals surface area contributed by atoms with Gasteiger partial charge in [0.05, 0.1) is 10.5 Å². The van der Waals surface area contributed by atoms with E-state index in [0.717, 1.165) is 19.5 Å². The van der Waals surface area contributed by atoms with Gasteiger partial charge in [0.1, 0.15) is 5.52 Å². The van der Waals surface area contributed by atoms with E-state index < -0.39 is 4.92 Å². The van der Waals surface area contributed by atoms with Crippen molar-refractivity contribution in [2.75, 3.05) is 18.4 Å². The van der Waals surface area contributed by atoms with Gasteiger partial charge in [0.2, 0.25) is 0 Å². The lowest BCUT2D eigenvalue weighted by Crippen LogP contribution is -2.36. The summed E-state index contributed by atoms with van der Waals surface area (Å²) in [7, 11) is 0. The third-order valence-corrected chi connectivity index (χ3v) is 3.36. The van der Waals surface area contributed by atoms with Crippen LogP contribution in [0.25, 0.3) is 11.1 Å². The minimum absolute atomic E-state index is 0.0149. The number of anilines is 1. The van der Waals surface area contributed by atoms with Gasteiger partial charge in [0.25, 0.3) is 11.7 Å². The highest BCUT2D eigenvalue weighted by Gasteiger charge is 2.29. The summed E-state index contributed by atoms with van der Waals surface area (Å²) >= 11 is 0. The van der Waals surface area contributed by atoms with Crippen LogP contribution in [0.3, 0.4) is 0 Å². The van der Waals surface area contributed by atoms with Gasteiger partial charge in [0, 0.05) is 18.7 Å². The smallest absolute Gasteiger partial charge is 0.296 e. The van der Waals surface area contributed by atoms with Gasteiger partial charge in [-0.2, -0.15) is 4.98 Å². The lowest BCUT2D eigenvalue weighted by Gasteiger charge is -2.22. The number of fused-ring (bicyclic) bond motifs is 1. The molecule has 1 aromatic carbocycles. The van der Waals surface area contributed by atoms with E-state index in [-0.39, 0.29) is 11.2 Å². The monoisotopic (exact) mass is 262 g/mol. The zero-order valence-corrected chi connectivity index (χ0v) is 10.5. The van der Waals surface area contributed by atoms with Crippen molar-refractivity contribution >= 4 is 22.8 Å². The topological polar surface area (TPSA) is 93.2 Å². The Morgan fingerprint density at radius 1 is 1.58 bits per heavy atom. The molecule has 1 aromatic heterocycles. The summed E-state index contributed by atoms with van der Waals surface area (Å²) in [6.45, 7) is 3.88. The average molecular weight is 262 g/mol. The SMILES string of the molecule is CC1(Nc2nc3cc([N+](=O)[O-])ccc3o2)CCNC1. The molecule has 7 nitrogen and oxygen atoms in total. The van der Waals surface area contributed by atoms with E-state index in [1.165, 1.54) is 12.1 Å². The first-order valence-corrected chi connectivity index (χ1v) is 6.10. The number of nitro benzene ring substituents is 1. The number of non-ortho nitro benzene ring substituents is 1. The number of aromatic nitrogens is 1. The molecule has 1 atom stereocenters. The number of rotatable bonds is 3. The highest BCUT2D eigenvalue weighted by atomic mass is 16.6. The molecule has 0 aliphatic carbocycles. The molecule has 3 rings (SSSR count). The van der Waals surface area contributed by atoms with Crippen LogP contribution in [0, 0.1) is 10.1 Å². The number of nitrogens with zero attached hydrogens (tertiary/aromatic N) is 2. The van der Waals surface area contributed by atoms with E-state index in [4.69, 9.17) is 4.42 Å². The first kappa shape index (κ1) is 11.9. The van der Waals surface area contributed by atoms with Gasteiger partial charge >= 0.3 is 0 Å². The molecule has 19 heavy (non-hydrogen) atoms. The highest BCUT2D eigenvalue weighted by molar-refractivity contribution is 5.77. The summed E-state index contributed by atoms with van der Waals surface area (Å²) in [6, 6.07) is 4.80. The molecule has 0 amide bonds. The van der Waals surface area contributed by atoms with Crippen molar-refractivity contribution in [2.45, 2.75) is 18.9 Å². The quantitative estimate of drug-likeness (QED) is 0.648. The lowest BCUT2D eigenvalue weighted by atomic mass is 10.0.